The molecule has 2 aliphatic rings. The number of carbonyl (C=O) groups excluding carboxylic acids is 1. The number of fused-ring (bicyclic) bond motifs is 1. The molecule has 192 valence electrons. The molecule has 1 saturated carbocycles. The van der Waals surface area contributed by atoms with Crippen molar-refractivity contribution in [3.8, 4) is 0 Å². The molecule has 2 amide bonds. The van der Waals surface area contributed by atoms with E-state index in [2.05, 4.69) is 70.4 Å². The number of ether oxygens (including phenoxy) is 1. The van der Waals surface area contributed by atoms with E-state index in [0.29, 0.717) is 23.0 Å². The van der Waals surface area contributed by atoms with Gasteiger partial charge in [0.2, 0.25) is 0 Å². The maximum atomic E-state index is 12.4. The third kappa shape index (κ3) is 5.15. The molecule has 36 heavy (non-hydrogen) atoms. The first-order chi connectivity index (χ1) is 17.2. The molecule has 0 bridgehead atoms. The van der Waals surface area contributed by atoms with E-state index in [1.165, 1.54) is 11.9 Å². The second-order valence-corrected chi connectivity index (χ2v) is 11.1. The van der Waals surface area contributed by atoms with E-state index in [0.717, 1.165) is 37.9 Å². The average Bonchev–Trinajstić information content (AvgIpc) is 3.43. The van der Waals surface area contributed by atoms with E-state index in [1.54, 1.807) is 6.33 Å². The highest BCUT2D eigenvalue weighted by Crippen LogP contribution is 2.33. The van der Waals surface area contributed by atoms with Gasteiger partial charge in [-0.05, 0) is 55.8 Å². The van der Waals surface area contributed by atoms with Gasteiger partial charge in [-0.15, -0.1) is 0 Å². The third-order valence-corrected chi connectivity index (χ3v) is 7.35. The van der Waals surface area contributed by atoms with Crippen molar-refractivity contribution in [2.45, 2.75) is 76.3 Å². The molecule has 10 nitrogen and oxygen atoms in total. The maximum Gasteiger partial charge on any atom is 0.319 e. The second kappa shape index (κ2) is 9.67. The summed E-state index contributed by atoms with van der Waals surface area (Å²) in [7, 11) is 2.13. The highest BCUT2D eigenvalue weighted by molar-refractivity contribution is 5.89. The molecule has 3 aromatic rings. The first-order valence-corrected chi connectivity index (χ1v) is 12.6. The Hall–Kier alpha value is -3.24. The molecule has 1 aromatic carbocycles. The quantitative estimate of drug-likeness (QED) is 0.480. The average molecular weight is 493 g/mol. The summed E-state index contributed by atoms with van der Waals surface area (Å²) >= 11 is 0. The van der Waals surface area contributed by atoms with Crippen molar-refractivity contribution in [3.63, 3.8) is 0 Å². The van der Waals surface area contributed by atoms with Gasteiger partial charge in [-0.3, -0.25) is 4.57 Å². The molecule has 1 saturated heterocycles. The molecule has 0 unspecified atom stereocenters. The van der Waals surface area contributed by atoms with Crippen molar-refractivity contribution in [1.29, 1.82) is 0 Å². The molecular formula is C26H36N8O2. The minimum absolute atomic E-state index is 0.0928. The SMILES string of the molecule is CN(C[C@@H]1CC[C@H](n2cnc3c(N)ncnc32)O1)C1CC(NC(=O)Nc2ccc(C(C)(C)C)cc2)C1. The Morgan fingerprint density at radius 3 is 2.64 bits per heavy atom. The van der Waals surface area contributed by atoms with Crippen LogP contribution in [-0.2, 0) is 10.2 Å². The summed E-state index contributed by atoms with van der Waals surface area (Å²) in [5.74, 6) is 0.383. The zero-order valence-corrected chi connectivity index (χ0v) is 21.4. The van der Waals surface area contributed by atoms with Gasteiger partial charge in [0, 0.05) is 24.3 Å². The lowest BCUT2D eigenvalue weighted by molar-refractivity contribution is -0.0206. The zero-order chi connectivity index (χ0) is 25.4. The topological polar surface area (TPSA) is 123 Å². The van der Waals surface area contributed by atoms with Gasteiger partial charge < -0.3 is 26.0 Å². The highest BCUT2D eigenvalue weighted by Gasteiger charge is 2.36. The van der Waals surface area contributed by atoms with Crippen LogP contribution in [0.4, 0.5) is 16.3 Å². The van der Waals surface area contributed by atoms with Gasteiger partial charge >= 0.3 is 6.03 Å². The number of carbonyl (C=O) groups is 1. The Morgan fingerprint density at radius 2 is 1.92 bits per heavy atom. The summed E-state index contributed by atoms with van der Waals surface area (Å²) in [4.78, 5) is 27.5. The highest BCUT2D eigenvalue weighted by atomic mass is 16.5. The van der Waals surface area contributed by atoms with Gasteiger partial charge in [0.25, 0.3) is 0 Å². The number of anilines is 2. The monoisotopic (exact) mass is 492 g/mol. The van der Waals surface area contributed by atoms with Crippen LogP contribution in [0.25, 0.3) is 11.2 Å². The molecule has 3 heterocycles. The van der Waals surface area contributed by atoms with Crippen molar-refractivity contribution in [1.82, 2.24) is 29.7 Å². The minimum atomic E-state index is -0.149. The summed E-state index contributed by atoms with van der Waals surface area (Å²) in [6.45, 7) is 7.38. The van der Waals surface area contributed by atoms with Crippen LogP contribution in [0.3, 0.4) is 0 Å². The summed E-state index contributed by atoms with van der Waals surface area (Å²) in [5.41, 5.74) is 9.37. The molecule has 4 N–H and O–H groups in total. The molecule has 5 rings (SSSR count). The Bertz CT molecular complexity index is 1210. The van der Waals surface area contributed by atoms with Crippen molar-refractivity contribution in [3.05, 3.63) is 42.5 Å². The molecule has 2 aromatic heterocycles. The van der Waals surface area contributed by atoms with E-state index in [1.807, 2.05) is 16.7 Å². The molecule has 10 heteroatoms. The van der Waals surface area contributed by atoms with Crippen LogP contribution in [-0.4, -0.2) is 62.2 Å². The van der Waals surface area contributed by atoms with Crippen molar-refractivity contribution < 1.29 is 9.53 Å². The molecule has 2 fully saturated rings. The Labute approximate surface area is 211 Å². The van der Waals surface area contributed by atoms with Crippen molar-refractivity contribution in [2.75, 3.05) is 24.6 Å². The number of nitrogens with zero attached hydrogens (tertiary/aromatic N) is 5. The van der Waals surface area contributed by atoms with Crippen LogP contribution in [0.2, 0.25) is 0 Å². The van der Waals surface area contributed by atoms with Crippen LogP contribution < -0.4 is 16.4 Å². The fraction of sp³-hybridized carbons (Fsp3) is 0.538. The molecule has 0 spiro atoms. The van der Waals surface area contributed by atoms with Crippen LogP contribution >= 0.6 is 0 Å². The van der Waals surface area contributed by atoms with E-state index in [9.17, 15) is 4.79 Å². The van der Waals surface area contributed by atoms with Gasteiger partial charge in [0.1, 0.15) is 18.1 Å². The van der Waals surface area contributed by atoms with Gasteiger partial charge in [-0.2, -0.15) is 0 Å². The summed E-state index contributed by atoms with van der Waals surface area (Å²) in [5, 5.41) is 6.04. The lowest BCUT2D eigenvalue weighted by Crippen LogP contribution is -2.54. The number of hydrogen-bond acceptors (Lipinski definition) is 7. The first kappa shape index (κ1) is 24.5. The standard InChI is InChI=1S/C26H36N8O2/c1-26(2,3)16-5-7-17(8-6-16)31-25(35)32-18-11-19(12-18)33(4)13-20-9-10-21(36-20)34-15-30-22-23(27)28-14-29-24(22)34/h5-8,14-15,18-21H,9-13H2,1-4H3,(H2,27,28,29)(H2,31,32,35)/t18?,19?,20-,21+/m0/s1. The fourth-order valence-corrected chi connectivity index (χ4v) is 5.05. The second-order valence-electron chi connectivity index (χ2n) is 11.1. The predicted molar refractivity (Wildman–Crippen MR) is 140 cm³/mol. The summed E-state index contributed by atoms with van der Waals surface area (Å²) in [6, 6.07) is 8.53. The largest absolute Gasteiger partial charge is 0.382 e. The number of aromatic nitrogens is 4. The number of amides is 2. The van der Waals surface area contributed by atoms with Crippen LogP contribution in [0.5, 0.6) is 0 Å². The lowest BCUT2D eigenvalue weighted by Gasteiger charge is -2.42. The van der Waals surface area contributed by atoms with Crippen molar-refractivity contribution in [2.24, 2.45) is 0 Å². The Balaban J connectivity index is 1.05. The number of nitrogens with two attached hydrogens (primary N) is 1. The first-order valence-electron chi connectivity index (χ1n) is 12.6. The molecule has 1 aliphatic heterocycles. The van der Waals surface area contributed by atoms with Gasteiger partial charge in [0.05, 0.1) is 12.4 Å². The van der Waals surface area contributed by atoms with E-state index in [-0.39, 0.29) is 29.8 Å². The molecular weight excluding hydrogens is 456 g/mol. The van der Waals surface area contributed by atoms with E-state index >= 15 is 0 Å². The fourth-order valence-electron chi connectivity index (χ4n) is 5.05. The lowest BCUT2D eigenvalue weighted by atomic mass is 9.85. The Morgan fingerprint density at radius 1 is 1.17 bits per heavy atom. The normalized spacial score (nSPS) is 24.1. The number of hydrogen-bond donors (Lipinski definition) is 3. The molecule has 2 atom stereocenters. The number of likely N-dealkylation sites (N-methyl/N-ethyl adjacent to an activating group) is 1. The Kier molecular flexibility index (Phi) is 6.57. The van der Waals surface area contributed by atoms with Crippen LogP contribution in [0.15, 0.2) is 36.9 Å². The third-order valence-electron chi connectivity index (χ3n) is 7.35. The number of nitrogens with one attached hydrogen (secondary N) is 2. The summed E-state index contributed by atoms with van der Waals surface area (Å²) < 4.78 is 8.28. The van der Waals surface area contributed by atoms with Gasteiger partial charge in [-0.1, -0.05) is 32.9 Å². The van der Waals surface area contributed by atoms with Crippen molar-refractivity contribution >= 4 is 28.7 Å². The van der Waals surface area contributed by atoms with Crippen LogP contribution in [0, 0.1) is 0 Å². The van der Waals surface area contributed by atoms with E-state index in [4.69, 9.17) is 10.5 Å². The van der Waals surface area contributed by atoms with Gasteiger partial charge in [-0.25, -0.2) is 19.7 Å². The number of urea groups is 1. The zero-order valence-electron chi connectivity index (χ0n) is 21.4. The number of imidazole rings is 1. The van der Waals surface area contributed by atoms with Crippen LogP contribution in [0.1, 0.15) is 58.2 Å². The number of benzene rings is 1. The summed E-state index contributed by atoms with van der Waals surface area (Å²) in [6.07, 6.45) is 6.98. The minimum Gasteiger partial charge on any atom is -0.382 e. The van der Waals surface area contributed by atoms with Gasteiger partial charge in [0.15, 0.2) is 11.5 Å². The number of nitrogen functional groups attached to an aromatic ring is 1. The maximum absolute atomic E-state index is 12.4. The smallest absolute Gasteiger partial charge is 0.319 e. The predicted octanol–water partition coefficient (Wildman–Crippen LogP) is 3.67. The molecule has 1 aliphatic carbocycles. The number of rotatable bonds is 6. The van der Waals surface area contributed by atoms with E-state index < -0.39 is 0 Å². The molecule has 0 radical (unpaired) electrons.